The molecular weight excluding hydrogens is 260 g/mol. The van der Waals surface area contributed by atoms with Gasteiger partial charge in [0, 0.05) is 6.42 Å². The summed E-state index contributed by atoms with van der Waals surface area (Å²) in [4.78, 5) is 10.7. The van der Waals surface area contributed by atoms with Crippen LogP contribution in [-0.4, -0.2) is 38.7 Å². The second-order valence-electron chi connectivity index (χ2n) is 4.23. The Morgan fingerprint density at radius 2 is 2.15 bits per heavy atom. The molecule has 1 heterocycles. The van der Waals surface area contributed by atoms with Crippen molar-refractivity contribution in [2.75, 3.05) is 6.61 Å². The van der Waals surface area contributed by atoms with E-state index in [9.17, 15) is 4.79 Å². The number of nitrogens with zero attached hydrogens (tertiary/aromatic N) is 3. The van der Waals surface area contributed by atoms with E-state index in [0.717, 1.165) is 11.4 Å². The van der Waals surface area contributed by atoms with Gasteiger partial charge in [0.25, 0.3) is 0 Å². The van der Waals surface area contributed by atoms with Crippen LogP contribution in [0.4, 0.5) is 0 Å². The Bertz CT molecular complexity index is 580. The Morgan fingerprint density at radius 3 is 2.75 bits per heavy atom. The maximum atomic E-state index is 10.7. The predicted octanol–water partition coefficient (Wildman–Crippen LogP) is 0.620. The number of hydrogen-bond donors (Lipinski definition) is 2. The first-order valence-electron chi connectivity index (χ1n) is 6.23. The third-order valence-electron chi connectivity index (χ3n) is 2.70. The minimum Gasteiger partial charge on any atom is -0.494 e. The summed E-state index contributed by atoms with van der Waals surface area (Å²) in [5, 5.41) is 16.6. The predicted molar refractivity (Wildman–Crippen MR) is 71.8 cm³/mol. The highest BCUT2D eigenvalue weighted by molar-refractivity contribution is 5.73. The molecule has 1 aromatic heterocycles. The molecule has 0 fully saturated rings. The fourth-order valence-corrected chi connectivity index (χ4v) is 1.69. The van der Waals surface area contributed by atoms with Crippen LogP contribution in [0.25, 0.3) is 5.69 Å². The van der Waals surface area contributed by atoms with E-state index in [2.05, 4.69) is 10.3 Å². The number of carboxylic acids is 1. The van der Waals surface area contributed by atoms with E-state index in [1.807, 2.05) is 31.2 Å². The zero-order chi connectivity index (χ0) is 14.5. The fraction of sp³-hybridized carbons (Fsp3) is 0.308. The molecule has 3 N–H and O–H groups in total. The van der Waals surface area contributed by atoms with Gasteiger partial charge in [0.05, 0.1) is 24.2 Å². The topological polar surface area (TPSA) is 103 Å². The summed E-state index contributed by atoms with van der Waals surface area (Å²) in [5.41, 5.74) is 6.81. The molecule has 2 rings (SSSR count). The van der Waals surface area contributed by atoms with E-state index >= 15 is 0 Å². The third-order valence-corrected chi connectivity index (χ3v) is 2.70. The van der Waals surface area contributed by atoms with Gasteiger partial charge in [-0.2, -0.15) is 0 Å². The summed E-state index contributed by atoms with van der Waals surface area (Å²) in [5.74, 6) is -0.273. The quantitative estimate of drug-likeness (QED) is 0.801. The smallest absolute Gasteiger partial charge is 0.320 e. The summed E-state index contributed by atoms with van der Waals surface area (Å²) in [6.45, 7) is 2.53. The van der Waals surface area contributed by atoms with Crippen molar-refractivity contribution in [3.05, 3.63) is 36.2 Å². The van der Waals surface area contributed by atoms with Crippen molar-refractivity contribution >= 4 is 5.97 Å². The normalized spacial score (nSPS) is 12.1. The van der Waals surface area contributed by atoms with Crippen LogP contribution in [0.2, 0.25) is 0 Å². The fourth-order valence-electron chi connectivity index (χ4n) is 1.69. The molecule has 0 aliphatic heterocycles. The first kappa shape index (κ1) is 14.0. The molecular formula is C13H16N4O3. The van der Waals surface area contributed by atoms with Crippen LogP contribution in [-0.2, 0) is 11.2 Å². The Balaban J connectivity index is 2.10. The molecule has 0 aliphatic rings. The highest BCUT2D eigenvalue weighted by Crippen LogP contribution is 2.15. The van der Waals surface area contributed by atoms with Crippen molar-refractivity contribution in [1.29, 1.82) is 0 Å². The van der Waals surface area contributed by atoms with Crippen molar-refractivity contribution in [3.8, 4) is 11.4 Å². The van der Waals surface area contributed by atoms with Gasteiger partial charge >= 0.3 is 5.97 Å². The zero-order valence-electron chi connectivity index (χ0n) is 11.1. The van der Waals surface area contributed by atoms with Crippen LogP contribution in [0.3, 0.4) is 0 Å². The van der Waals surface area contributed by atoms with Gasteiger partial charge in [-0.15, -0.1) is 5.10 Å². The highest BCUT2D eigenvalue weighted by Gasteiger charge is 2.14. The van der Waals surface area contributed by atoms with Gasteiger partial charge in [0.15, 0.2) is 0 Å². The number of hydrogen-bond acceptors (Lipinski definition) is 5. The maximum Gasteiger partial charge on any atom is 0.320 e. The maximum absolute atomic E-state index is 10.7. The van der Waals surface area contributed by atoms with Crippen molar-refractivity contribution in [3.63, 3.8) is 0 Å². The minimum absolute atomic E-state index is 0.145. The van der Waals surface area contributed by atoms with Crippen LogP contribution in [0.15, 0.2) is 30.5 Å². The minimum atomic E-state index is -1.05. The average molecular weight is 276 g/mol. The summed E-state index contributed by atoms with van der Waals surface area (Å²) in [6, 6.07) is 6.40. The number of benzene rings is 1. The number of rotatable bonds is 6. The van der Waals surface area contributed by atoms with Crippen LogP contribution in [0.1, 0.15) is 12.6 Å². The first-order valence-corrected chi connectivity index (χ1v) is 6.23. The number of carbonyl (C=O) groups is 1. The van der Waals surface area contributed by atoms with Gasteiger partial charge in [-0.25, -0.2) is 4.68 Å². The summed E-state index contributed by atoms with van der Waals surface area (Å²) in [6.07, 6.45) is 1.81. The van der Waals surface area contributed by atoms with E-state index in [-0.39, 0.29) is 6.42 Å². The molecule has 106 valence electrons. The molecule has 20 heavy (non-hydrogen) atoms. The van der Waals surface area contributed by atoms with Crippen molar-refractivity contribution in [1.82, 2.24) is 15.0 Å². The van der Waals surface area contributed by atoms with Gasteiger partial charge in [-0.1, -0.05) is 5.21 Å². The van der Waals surface area contributed by atoms with Crippen LogP contribution in [0, 0.1) is 0 Å². The number of ether oxygens (including phenoxy) is 1. The standard InChI is InChI=1S/C13H16N4O3/c1-2-20-11-5-3-10(4-6-11)17-8-9(15-16-17)7-12(14)13(18)19/h3-6,8,12H,2,7,14H2,1H3,(H,18,19). The molecule has 7 heteroatoms. The van der Waals surface area contributed by atoms with Crippen molar-refractivity contribution < 1.29 is 14.6 Å². The number of nitrogens with two attached hydrogens (primary N) is 1. The van der Waals surface area contributed by atoms with Crippen molar-refractivity contribution in [2.45, 2.75) is 19.4 Å². The second kappa shape index (κ2) is 6.16. The molecule has 1 aromatic carbocycles. The average Bonchev–Trinajstić information content (AvgIpc) is 2.88. The summed E-state index contributed by atoms with van der Waals surface area (Å²) < 4.78 is 6.92. The molecule has 7 nitrogen and oxygen atoms in total. The Kier molecular flexibility index (Phi) is 4.31. The lowest BCUT2D eigenvalue weighted by atomic mass is 10.2. The third kappa shape index (κ3) is 3.33. The molecule has 0 aliphatic carbocycles. The molecule has 0 saturated heterocycles. The zero-order valence-corrected chi connectivity index (χ0v) is 11.1. The van der Waals surface area contributed by atoms with Gasteiger partial charge in [0.2, 0.25) is 0 Å². The molecule has 1 unspecified atom stereocenters. The lowest BCUT2D eigenvalue weighted by molar-refractivity contribution is -0.138. The second-order valence-corrected chi connectivity index (χ2v) is 4.23. The first-order chi connectivity index (χ1) is 9.60. The van der Waals surface area contributed by atoms with Crippen LogP contribution in [0.5, 0.6) is 5.75 Å². The number of aromatic nitrogens is 3. The summed E-state index contributed by atoms with van der Waals surface area (Å²) >= 11 is 0. The van der Waals surface area contributed by atoms with E-state index in [1.165, 1.54) is 0 Å². The molecule has 2 aromatic rings. The molecule has 0 spiro atoms. The SMILES string of the molecule is CCOc1ccc(-n2cc(CC(N)C(=O)O)nn2)cc1. The Morgan fingerprint density at radius 1 is 1.45 bits per heavy atom. The van der Waals surface area contributed by atoms with E-state index in [1.54, 1.807) is 10.9 Å². The Hall–Kier alpha value is -2.41. The monoisotopic (exact) mass is 276 g/mol. The van der Waals surface area contributed by atoms with Crippen LogP contribution >= 0.6 is 0 Å². The van der Waals surface area contributed by atoms with Gasteiger partial charge in [-0.3, -0.25) is 4.79 Å². The van der Waals surface area contributed by atoms with Crippen molar-refractivity contribution in [2.24, 2.45) is 5.73 Å². The lowest BCUT2D eigenvalue weighted by Gasteiger charge is -2.04. The van der Waals surface area contributed by atoms with E-state index in [4.69, 9.17) is 15.6 Å². The highest BCUT2D eigenvalue weighted by atomic mass is 16.5. The molecule has 0 saturated carbocycles. The van der Waals surface area contributed by atoms with Crippen LogP contribution < -0.4 is 10.5 Å². The van der Waals surface area contributed by atoms with E-state index in [0.29, 0.717) is 12.3 Å². The number of carboxylic acid groups (broad SMARTS) is 1. The molecule has 1 atom stereocenters. The van der Waals surface area contributed by atoms with Gasteiger partial charge < -0.3 is 15.6 Å². The summed E-state index contributed by atoms with van der Waals surface area (Å²) in [7, 11) is 0. The molecule has 0 bridgehead atoms. The Labute approximate surface area is 116 Å². The number of aliphatic carboxylic acids is 1. The van der Waals surface area contributed by atoms with Gasteiger partial charge in [-0.05, 0) is 31.2 Å². The molecule has 0 radical (unpaired) electrons. The largest absolute Gasteiger partial charge is 0.494 e. The van der Waals surface area contributed by atoms with Gasteiger partial charge in [0.1, 0.15) is 11.8 Å². The molecule has 0 amide bonds. The lowest BCUT2D eigenvalue weighted by Crippen LogP contribution is -2.32. The van der Waals surface area contributed by atoms with E-state index < -0.39 is 12.0 Å².